The van der Waals surface area contributed by atoms with E-state index >= 15 is 0 Å². The zero-order valence-electron chi connectivity index (χ0n) is 10.2. The van der Waals surface area contributed by atoms with E-state index in [1.807, 2.05) is 6.07 Å². The van der Waals surface area contributed by atoms with Gasteiger partial charge in [-0.3, -0.25) is 14.9 Å². The molecule has 21 heavy (non-hydrogen) atoms. The van der Waals surface area contributed by atoms with Crippen LogP contribution in [-0.2, 0) is 4.79 Å². The Morgan fingerprint density at radius 2 is 2.05 bits per heavy atom. The molecule has 0 unspecified atom stereocenters. The lowest BCUT2D eigenvalue weighted by molar-refractivity contribution is -0.402. The number of benzene rings is 1. The number of amides is 1. The van der Waals surface area contributed by atoms with Crippen molar-refractivity contribution in [2.75, 3.05) is 5.32 Å². The second kappa shape index (κ2) is 5.12. The summed E-state index contributed by atoms with van der Waals surface area (Å²) in [5.41, 5.74) is 1.74. The first-order valence-electron chi connectivity index (χ1n) is 5.72. The monoisotopic (exact) mass is 412 g/mol. The second-order valence-electron chi connectivity index (χ2n) is 4.26. The molecule has 1 aromatic heterocycles. The number of nitro groups is 1. The SMILES string of the molecule is O=C1Nc2c(Br)cc(Br)cc2C1=Cc1ccc([N+](=O)[O-])o1. The van der Waals surface area contributed by atoms with Crippen molar-refractivity contribution in [1.82, 2.24) is 0 Å². The van der Waals surface area contributed by atoms with Gasteiger partial charge in [0.05, 0.1) is 17.3 Å². The molecule has 0 spiro atoms. The van der Waals surface area contributed by atoms with Crippen LogP contribution in [0.3, 0.4) is 0 Å². The number of carbonyl (C=O) groups is 1. The van der Waals surface area contributed by atoms with Crippen LogP contribution in [0.15, 0.2) is 37.6 Å². The first-order valence-corrected chi connectivity index (χ1v) is 7.31. The molecule has 8 heteroatoms. The number of nitrogens with one attached hydrogen (secondary N) is 1. The molecule has 0 radical (unpaired) electrons. The average Bonchev–Trinajstić information content (AvgIpc) is 2.98. The van der Waals surface area contributed by atoms with Crippen LogP contribution < -0.4 is 5.32 Å². The zero-order chi connectivity index (χ0) is 15.1. The summed E-state index contributed by atoms with van der Waals surface area (Å²) in [6.07, 6.45) is 1.48. The van der Waals surface area contributed by atoms with Crippen LogP contribution >= 0.6 is 31.9 Å². The molecule has 1 aliphatic rings. The summed E-state index contributed by atoms with van der Waals surface area (Å²) < 4.78 is 6.60. The second-order valence-corrected chi connectivity index (χ2v) is 6.03. The Labute approximate surface area is 135 Å². The smallest absolute Gasteiger partial charge is 0.401 e. The van der Waals surface area contributed by atoms with E-state index in [-0.39, 0.29) is 17.6 Å². The maximum Gasteiger partial charge on any atom is 0.433 e. The van der Waals surface area contributed by atoms with Crippen LogP contribution in [0.1, 0.15) is 11.3 Å². The van der Waals surface area contributed by atoms with Crippen LogP contribution in [0.2, 0.25) is 0 Å². The Bertz CT molecular complexity index is 810. The Kier molecular flexibility index (Phi) is 3.42. The molecule has 1 amide bonds. The van der Waals surface area contributed by atoms with E-state index in [1.165, 1.54) is 18.2 Å². The lowest BCUT2D eigenvalue weighted by Gasteiger charge is -2.02. The van der Waals surface area contributed by atoms with Crippen LogP contribution in [0, 0.1) is 10.1 Å². The third kappa shape index (κ3) is 2.52. The molecule has 1 N–H and O–H groups in total. The van der Waals surface area contributed by atoms with Gasteiger partial charge in [0.25, 0.3) is 5.91 Å². The van der Waals surface area contributed by atoms with Crippen molar-refractivity contribution in [3.05, 3.63) is 54.6 Å². The number of halogens is 2. The third-order valence-corrected chi connectivity index (χ3v) is 3.99. The fourth-order valence-electron chi connectivity index (χ4n) is 2.02. The quantitative estimate of drug-likeness (QED) is 0.454. The van der Waals surface area contributed by atoms with Gasteiger partial charge < -0.3 is 9.73 Å². The highest BCUT2D eigenvalue weighted by molar-refractivity contribution is 9.11. The number of hydrogen-bond acceptors (Lipinski definition) is 4. The molecule has 0 saturated carbocycles. The third-order valence-electron chi connectivity index (χ3n) is 2.91. The first-order chi connectivity index (χ1) is 9.95. The summed E-state index contributed by atoms with van der Waals surface area (Å²) in [5.74, 6) is -0.408. The number of rotatable bonds is 2. The zero-order valence-corrected chi connectivity index (χ0v) is 13.4. The van der Waals surface area contributed by atoms with Crippen molar-refractivity contribution in [3.8, 4) is 0 Å². The van der Waals surface area contributed by atoms with Gasteiger partial charge >= 0.3 is 5.88 Å². The molecule has 2 aromatic rings. The van der Waals surface area contributed by atoms with Crippen molar-refractivity contribution < 1.29 is 14.1 Å². The maximum absolute atomic E-state index is 12.0. The minimum absolute atomic E-state index is 0.246. The molecule has 0 atom stereocenters. The van der Waals surface area contributed by atoms with E-state index in [2.05, 4.69) is 37.2 Å². The van der Waals surface area contributed by atoms with Crippen molar-refractivity contribution in [1.29, 1.82) is 0 Å². The number of hydrogen-bond donors (Lipinski definition) is 1. The highest BCUT2D eigenvalue weighted by Gasteiger charge is 2.27. The maximum atomic E-state index is 12.0. The van der Waals surface area contributed by atoms with Gasteiger partial charge in [0.1, 0.15) is 10.7 Å². The Balaban J connectivity index is 2.09. The number of fused-ring (bicyclic) bond motifs is 1. The van der Waals surface area contributed by atoms with Gasteiger partial charge in [-0.25, -0.2) is 0 Å². The Hall–Kier alpha value is -1.93. The summed E-state index contributed by atoms with van der Waals surface area (Å²) in [4.78, 5) is 22.0. The van der Waals surface area contributed by atoms with Crippen LogP contribution in [-0.4, -0.2) is 10.8 Å². The van der Waals surface area contributed by atoms with Crippen LogP contribution in [0.25, 0.3) is 11.6 Å². The molecule has 1 aliphatic heterocycles. The molecule has 0 aliphatic carbocycles. The predicted octanol–water partition coefficient (Wildman–Crippen LogP) is 4.21. The molecule has 106 valence electrons. The van der Waals surface area contributed by atoms with E-state index in [9.17, 15) is 14.9 Å². The lowest BCUT2D eigenvalue weighted by Crippen LogP contribution is -2.03. The minimum atomic E-state index is -0.627. The normalized spacial score (nSPS) is 15.1. The van der Waals surface area contributed by atoms with Gasteiger partial charge in [-0.2, -0.15) is 0 Å². The number of carbonyl (C=O) groups excluding carboxylic acids is 1. The molecule has 3 rings (SSSR count). The van der Waals surface area contributed by atoms with E-state index in [4.69, 9.17) is 4.42 Å². The molecule has 2 heterocycles. The topological polar surface area (TPSA) is 85.4 Å². The Morgan fingerprint density at radius 1 is 1.29 bits per heavy atom. The van der Waals surface area contributed by atoms with E-state index < -0.39 is 4.92 Å². The minimum Gasteiger partial charge on any atom is -0.401 e. The molecule has 1 aromatic carbocycles. The van der Waals surface area contributed by atoms with Crippen molar-refractivity contribution in [2.45, 2.75) is 0 Å². The standard InChI is InChI=1S/C13H6Br2N2O4/c14-6-3-8-9(13(18)16-12(8)10(15)4-6)5-7-1-2-11(21-7)17(19)20/h1-5H,(H,16,18). The average molecular weight is 414 g/mol. The predicted molar refractivity (Wildman–Crippen MR) is 83.7 cm³/mol. The van der Waals surface area contributed by atoms with Gasteiger partial charge in [-0.05, 0) is 40.2 Å². The molecule has 6 nitrogen and oxygen atoms in total. The molecular formula is C13H6Br2N2O4. The summed E-state index contributed by atoms with van der Waals surface area (Å²) >= 11 is 6.74. The van der Waals surface area contributed by atoms with Gasteiger partial charge in [-0.1, -0.05) is 15.9 Å². The largest absolute Gasteiger partial charge is 0.433 e. The van der Waals surface area contributed by atoms with Crippen molar-refractivity contribution in [3.63, 3.8) is 0 Å². The first kappa shape index (κ1) is 14.0. The molecule has 0 saturated heterocycles. The fraction of sp³-hybridized carbons (Fsp3) is 0. The lowest BCUT2D eigenvalue weighted by atomic mass is 10.1. The van der Waals surface area contributed by atoms with Gasteiger partial charge in [0.2, 0.25) is 0 Å². The van der Waals surface area contributed by atoms with Crippen molar-refractivity contribution in [2.24, 2.45) is 0 Å². The van der Waals surface area contributed by atoms with E-state index in [0.29, 0.717) is 16.8 Å². The number of furan rings is 1. The summed E-state index contributed by atoms with van der Waals surface area (Å²) in [7, 11) is 0. The van der Waals surface area contributed by atoms with Gasteiger partial charge in [0.15, 0.2) is 0 Å². The van der Waals surface area contributed by atoms with Gasteiger partial charge in [0, 0.05) is 14.5 Å². The number of anilines is 1. The van der Waals surface area contributed by atoms with Crippen LogP contribution in [0.5, 0.6) is 0 Å². The van der Waals surface area contributed by atoms with E-state index in [1.54, 1.807) is 6.07 Å². The molecular weight excluding hydrogens is 408 g/mol. The molecule has 0 bridgehead atoms. The summed E-state index contributed by atoms with van der Waals surface area (Å²) in [6, 6.07) is 6.31. The van der Waals surface area contributed by atoms with Gasteiger partial charge in [-0.15, -0.1) is 0 Å². The van der Waals surface area contributed by atoms with Crippen LogP contribution in [0.4, 0.5) is 11.6 Å². The van der Waals surface area contributed by atoms with Crippen molar-refractivity contribution >= 4 is 61.0 Å². The summed E-state index contributed by atoms with van der Waals surface area (Å²) in [5, 5.41) is 13.3. The highest BCUT2D eigenvalue weighted by atomic mass is 79.9. The fourth-order valence-corrected chi connectivity index (χ4v) is 3.34. The summed E-state index contributed by atoms with van der Waals surface area (Å²) in [6.45, 7) is 0. The van der Waals surface area contributed by atoms with E-state index in [0.717, 1.165) is 8.95 Å². The Morgan fingerprint density at radius 3 is 2.71 bits per heavy atom. The highest BCUT2D eigenvalue weighted by Crippen LogP contribution is 2.40. The number of nitrogens with zero attached hydrogens (tertiary/aromatic N) is 1. The molecule has 0 fully saturated rings.